The van der Waals surface area contributed by atoms with Gasteiger partial charge in [0.15, 0.2) is 0 Å². The first kappa shape index (κ1) is 17.6. The standard InChI is InChI=1S/C17H19N3O4/c1-13-15(4-3-5-16(13)20(22)23)17(21)19(10-11-24-2)12-14-6-8-18-9-7-14/h3-9H,10-12H2,1-2H3. The van der Waals surface area contributed by atoms with Gasteiger partial charge in [0.05, 0.1) is 11.5 Å². The summed E-state index contributed by atoms with van der Waals surface area (Å²) >= 11 is 0. The summed E-state index contributed by atoms with van der Waals surface area (Å²) in [5, 5.41) is 11.1. The first-order valence-electron chi connectivity index (χ1n) is 7.45. The number of methoxy groups -OCH3 is 1. The molecule has 0 aliphatic heterocycles. The quantitative estimate of drug-likeness (QED) is 0.576. The molecular formula is C17H19N3O4. The van der Waals surface area contributed by atoms with E-state index < -0.39 is 4.92 Å². The topological polar surface area (TPSA) is 85.6 Å². The monoisotopic (exact) mass is 329 g/mol. The van der Waals surface area contributed by atoms with Crippen LogP contribution in [-0.4, -0.2) is 41.0 Å². The van der Waals surface area contributed by atoms with E-state index in [4.69, 9.17) is 4.74 Å². The summed E-state index contributed by atoms with van der Waals surface area (Å²) in [5.41, 5.74) is 1.56. The van der Waals surface area contributed by atoms with Crippen molar-refractivity contribution in [3.05, 3.63) is 69.5 Å². The Kier molecular flexibility index (Phi) is 5.97. The van der Waals surface area contributed by atoms with Gasteiger partial charge in [-0.3, -0.25) is 19.9 Å². The lowest BCUT2D eigenvalue weighted by atomic mass is 10.1. The van der Waals surface area contributed by atoms with Gasteiger partial charge in [-0.2, -0.15) is 0 Å². The van der Waals surface area contributed by atoms with E-state index >= 15 is 0 Å². The second-order valence-corrected chi connectivity index (χ2v) is 5.28. The van der Waals surface area contributed by atoms with Gasteiger partial charge in [0, 0.05) is 49.8 Å². The number of carbonyl (C=O) groups excluding carboxylic acids is 1. The predicted octanol–water partition coefficient (Wildman–Crippen LogP) is 2.59. The van der Waals surface area contributed by atoms with Crippen LogP contribution in [0.25, 0.3) is 0 Å². The molecule has 1 aromatic carbocycles. The van der Waals surface area contributed by atoms with Crippen molar-refractivity contribution in [2.45, 2.75) is 13.5 Å². The number of nitro benzene ring substituents is 1. The van der Waals surface area contributed by atoms with Crippen LogP contribution in [0.4, 0.5) is 5.69 Å². The molecule has 7 nitrogen and oxygen atoms in total. The molecule has 1 heterocycles. The lowest BCUT2D eigenvalue weighted by Gasteiger charge is -2.23. The van der Waals surface area contributed by atoms with Gasteiger partial charge < -0.3 is 9.64 Å². The highest BCUT2D eigenvalue weighted by molar-refractivity contribution is 5.96. The zero-order valence-corrected chi connectivity index (χ0v) is 13.6. The van der Waals surface area contributed by atoms with E-state index in [-0.39, 0.29) is 11.6 Å². The molecular weight excluding hydrogens is 310 g/mol. The highest BCUT2D eigenvalue weighted by Crippen LogP contribution is 2.22. The average Bonchev–Trinajstić information content (AvgIpc) is 2.59. The highest BCUT2D eigenvalue weighted by Gasteiger charge is 2.22. The molecule has 0 aliphatic carbocycles. The molecule has 0 unspecified atom stereocenters. The summed E-state index contributed by atoms with van der Waals surface area (Å²) in [6.45, 7) is 2.74. The number of benzene rings is 1. The summed E-state index contributed by atoms with van der Waals surface area (Å²) in [4.78, 5) is 29.1. The second-order valence-electron chi connectivity index (χ2n) is 5.28. The minimum atomic E-state index is -0.478. The number of hydrogen-bond acceptors (Lipinski definition) is 5. The van der Waals surface area contributed by atoms with Crippen molar-refractivity contribution in [2.24, 2.45) is 0 Å². The van der Waals surface area contributed by atoms with Crippen LogP contribution in [0.1, 0.15) is 21.5 Å². The molecule has 24 heavy (non-hydrogen) atoms. The molecule has 1 amide bonds. The van der Waals surface area contributed by atoms with Crippen LogP contribution in [0.5, 0.6) is 0 Å². The van der Waals surface area contributed by atoms with Crippen molar-refractivity contribution in [3.63, 3.8) is 0 Å². The molecule has 0 bridgehead atoms. The van der Waals surface area contributed by atoms with Crippen molar-refractivity contribution in [1.82, 2.24) is 9.88 Å². The van der Waals surface area contributed by atoms with Crippen LogP contribution in [0.2, 0.25) is 0 Å². The third kappa shape index (κ3) is 4.14. The number of carbonyl (C=O) groups is 1. The van der Waals surface area contributed by atoms with Crippen LogP contribution in [0.15, 0.2) is 42.7 Å². The minimum Gasteiger partial charge on any atom is -0.383 e. The molecule has 0 aliphatic rings. The summed E-state index contributed by atoms with van der Waals surface area (Å²) in [5.74, 6) is -0.259. The molecule has 0 radical (unpaired) electrons. The van der Waals surface area contributed by atoms with Gasteiger partial charge in [0.25, 0.3) is 11.6 Å². The summed E-state index contributed by atoms with van der Waals surface area (Å²) < 4.78 is 5.07. The van der Waals surface area contributed by atoms with Crippen LogP contribution in [0.3, 0.4) is 0 Å². The molecule has 0 spiro atoms. The van der Waals surface area contributed by atoms with E-state index in [2.05, 4.69) is 4.98 Å². The molecule has 0 N–H and O–H groups in total. The maximum Gasteiger partial charge on any atom is 0.273 e. The summed E-state index contributed by atoms with van der Waals surface area (Å²) in [6, 6.07) is 8.19. The Morgan fingerprint density at radius 1 is 1.29 bits per heavy atom. The van der Waals surface area contributed by atoms with E-state index in [1.165, 1.54) is 12.1 Å². The van der Waals surface area contributed by atoms with E-state index in [9.17, 15) is 14.9 Å². The second kappa shape index (κ2) is 8.16. The van der Waals surface area contributed by atoms with Crippen molar-refractivity contribution in [2.75, 3.05) is 20.3 Å². The third-order valence-corrected chi connectivity index (χ3v) is 3.71. The maximum atomic E-state index is 12.9. The number of hydrogen-bond donors (Lipinski definition) is 0. The number of aromatic nitrogens is 1. The summed E-state index contributed by atoms with van der Waals surface area (Å²) in [6.07, 6.45) is 3.32. The molecule has 0 saturated heterocycles. The number of nitrogens with zero attached hydrogens (tertiary/aromatic N) is 3. The Bertz CT molecular complexity index is 719. The van der Waals surface area contributed by atoms with Gasteiger partial charge in [-0.25, -0.2) is 0 Å². The maximum absolute atomic E-state index is 12.9. The Labute approximate surface area is 140 Å². The van der Waals surface area contributed by atoms with Crippen molar-refractivity contribution < 1.29 is 14.5 Å². The molecule has 1 aromatic heterocycles. The largest absolute Gasteiger partial charge is 0.383 e. The van der Waals surface area contributed by atoms with Gasteiger partial charge in [0.1, 0.15) is 0 Å². The summed E-state index contributed by atoms with van der Waals surface area (Å²) in [7, 11) is 1.56. The normalized spacial score (nSPS) is 10.4. The molecule has 126 valence electrons. The van der Waals surface area contributed by atoms with E-state index in [0.717, 1.165) is 5.56 Å². The lowest BCUT2D eigenvalue weighted by Crippen LogP contribution is -2.34. The van der Waals surface area contributed by atoms with Gasteiger partial charge in [-0.05, 0) is 30.7 Å². The lowest BCUT2D eigenvalue weighted by molar-refractivity contribution is -0.385. The highest BCUT2D eigenvalue weighted by atomic mass is 16.6. The Balaban J connectivity index is 2.30. The Morgan fingerprint density at radius 2 is 2.00 bits per heavy atom. The smallest absolute Gasteiger partial charge is 0.273 e. The number of nitro groups is 1. The molecule has 0 saturated carbocycles. The van der Waals surface area contributed by atoms with Crippen molar-refractivity contribution in [3.8, 4) is 0 Å². The average molecular weight is 329 g/mol. The van der Waals surface area contributed by atoms with Crippen LogP contribution >= 0.6 is 0 Å². The first-order valence-corrected chi connectivity index (χ1v) is 7.45. The van der Waals surface area contributed by atoms with Gasteiger partial charge in [-0.15, -0.1) is 0 Å². The molecule has 2 aromatic rings. The molecule has 0 atom stereocenters. The van der Waals surface area contributed by atoms with E-state index in [1.54, 1.807) is 37.4 Å². The minimum absolute atomic E-state index is 0.0588. The zero-order chi connectivity index (χ0) is 17.5. The fraction of sp³-hybridized carbons (Fsp3) is 0.294. The fourth-order valence-electron chi connectivity index (χ4n) is 2.39. The van der Waals surface area contributed by atoms with Gasteiger partial charge in [-0.1, -0.05) is 6.07 Å². The van der Waals surface area contributed by atoms with Gasteiger partial charge >= 0.3 is 0 Å². The molecule has 0 fully saturated rings. The zero-order valence-electron chi connectivity index (χ0n) is 13.6. The third-order valence-electron chi connectivity index (χ3n) is 3.71. The first-order chi connectivity index (χ1) is 11.5. The molecule has 2 rings (SSSR count). The van der Waals surface area contributed by atoms with Crippen LogP contribution < -0.4 is 0 Å². The number of rotatable bonds is 7. The van der Waals surface area contributed by atoms with E-state index in [0.29, 0.717) is 30.8 Å². The Morgan fingerprint density at radius 3 is 2.62 bits per heavy atom. The van der Waals surface area contributed by atoms with Crippen molar-refractivity contribution >= 4 is 11.6 Å². The van der Waals surface area contributed by atoms with Crippen LogP contribution in [0, 0.1) is 17.0 Å². The number of ether oxygens (including phenoxy) is 1. The fourth-order valence-corrected chi connectivity index (χ4v) is 2.39. The predicted molar refractivity (Wildman–Crippen MR) is 88.7 cm³/mol. The number of pyridine rings is 1. The van der Waals surface area contributed by atoms with Gasteiger partial charge in [0.2, 0.25) is 0 Å². The number of amides is 1. The van der Waals surface area contributed by atoms with E-state index in [1.807, 2.05) is 12.1 Å². The van der Waals surface area contributed by atoms with Crippen LogP contribution in [-0.2, 0) is 11.3 Å². The molecule has 7 heteroatoms. The SMILES string of the molecule is COCCN(Cc1ccncc1)C(=O)c1cccc([N+](=O)[O-])c1C. The Hall–Kier alpha value is -2.80. The van der Waals surface area contributed by atoms with Crippen molar-refractivity contribution in [1.29, 1.82) is 0 Å².